The quantitative estimate of drug-likeness (QED) is 0.531. The second-order valence-electron chi connectivity index (χ2n) is 7.05. The molecule has 0 aromatic heterocycles. The highest BCUT2D eigenvalue weighted by molar-refractivity contribution is 6.07. The molecule has 2 amide bonds. The number of amides is 2. The van der Waals surface area contributed by atoms with Gasteiger partial charge in [-0.25, -0.2) is 0 Å². The molecule has 1 saturated heterocycles. The van der Waals surface area contributed by atoms with E-state index in [1.54, 1.807) is 11.9 Å². The molecule has 0 radical (unpaired) electrons. The molecular formula is C19H35N3O2. The Bertz CT molecular complexity index is 426. The van der Waals surface area contributed by atoms with E-state index in [1.807, 2.05) is 0 Å². The van der Waals surface area contributed by atoms with Crippen LogP contribution in [0.25, 0.3) is 0 Å². The lowest BCUT2D eigenvalue weighted by Gasteiger charge is -2.27. The SMILES string of the molecule is CCCCC1(CCCC)CC(=N)N(CCCCCC(=O)NC)C1=O. The highest BCUT2D eigenvalue weighted by atomic mass is 16.2. The number of nitrogens with one attached hydrogen (secondary N) is 2. The average molecular weight is 338 g/mol. The van der Waals surface area contributed by atoms with Gasteiger partial charge in [0, 0.05) is 26.4 Å². The van der Waals surface area contributed by atoms with Crippen LogP contribution in [0.4, 0.5) is 0 Å². The Morgan fingerprint density at radius 3 is 2.29 bits per heavy atom. The number of hydrogen-bond donors (Lipinski definition) is 2. The van der Waals surface area contributed by atoms with Gasteiger partial charge in [0.1, 0.15) is 5.84 Å². The van der Waals surface area contributed by atoms with Gasteiger partial charge in [0.15, 0.2) is 0 Å². The molecular weight excluding hydrogens is 302 g/mol. The van der Waals surface area contributed by atoms with E-state index < -0.39 is 0 Å². The molecule has 0 aromatic rings. The second kappa shape index (κ2) is 10.5. The fourth-order valence-electron chi connectivity index (χ4n) is 3.54. The normalized spacial score (nSPS) is 16.7. The Morgan fingerprint density at radius 2 is 1.75 bits per heavy atom. The molecule has 0 atom stereocenters. The molecule has 5 nitrogen and oxygen atoms in total. The van der Waals surface area contributed by atoms with Crippen molar-refractivity contribution in [2.45, 2.75) is 84.5 Å². The van der Waals surface area contributed by atoms with Crippen LogP contribution in [-0.4, -0.2) is 36.1 Å². The maximum Gasteiger partial charge on any atom is 0.234 e. The van der Waals surface area contributed by atoms with Crippen LogP contribution in [0.1, 0.15) is 84.5 Å². The molecule has 5 heteroatoms. The predicted octanol–water partition coefficient (Wildman–Crippen LogP) is 3.87. The lowest BCUT2D eigenvalue weighted by atomic mass is 9.77. The van der Waals surface area contributed by atoms with E-state index in [-0.39, 0.29) is 17.2 Å². The largest absolute Gasteiger partial charge is 0.359 e. The van der Waals surface area contributed by atoms with Gasteiger partial charge in [-0.3, -0.25) is 15.0 Å². The Hall–Kier alpha value is -1.39. The molecule has 24 heavy (non-hydrogen) atoms. The molecule has 0 unspecified atom stereocenters. The van der Waals surface area contributed by atoms with Gasteiger partial charge >= 0.3 is 0 Å². The van der Waals surface area contributed by atoms with Crippen LogP contribution < -0.4 is 5.32 Å². The summed E-state index contributed by atoms with van der Waals surface area (Å²) >= 11 is 0. The number of rotatable bonds is 12. The van der Waals surface area contributed by atoms with E-state index in [0.717, 1.165) is 57.8 Å². The first-order valence-electron chi connectivity index (χ1n) is 9.60. The Morgan fingerprint density at radius 1 is 1.12 bits per heavy atom. The van der Waals surface area contributed by atoms with Crippen molar-refractivity contribution in [2.24, 2.45) is 5.41 Å². The Balaban J connectivity index is 2.54. The number of carbonyl (C=O) groups is 2. The number of hydrogen-bond acceptors (Lipinski definition) is 3. The summed E-state index contributed by atoms with van der Waals surface area (Å²) in [5, 5.41) is 10.9. The highest BCUT2D eigenvalue weighted by Gasteiger charge is 2.48. The van der Waals surface area contributed by atoms with Gasteiger partial charge in [0.05, 0.1) is 5.41 Å². The van der Waals surface area contributed by atoms with Crippen LogP contribution in [-0.2, 0) is 9.59 Å². The molecule has 1 aliphatic rings. The van der Waals surface area contributed by atoms with Crippen LogP contribution >= 0.6 is 0 Å². The number of amidine groups is 1. The minimum absolute atomic E-state index is 0.0677. The van der Waals surface area contributed by atoms with Crippen molar-refractivity contribution in [2.75, 3.05) is 13.6 Å². The van der Waals surface area contributed by atoms with Gasteiger partial charge in [-0.15, -0.1) is 0 Å². The zero-order chi connectivity index (χ0) is 18.0. The highest BCUT2D eigenvalue weighted by Crippen LogP contribution is 2.42. The zero-order valence-electron chi connectivity index (χ0n) is 15.7. The fraction of sp³-hybridized carbons (Fsp3) is 0.842. The molecule has 1 rings (SSSR count). The number of unbranched alkanes of at least 4 members (excludes halogenated alkanes) is 4. The van der Waals surface area contributed by atoms with Crippen LogP contribution in [0.15, 0.2) is 0 Å². The van der Waals surface area contributed by atoms with Crippen molar-refractivity contribution < 1.29 is 9.59 Å². The van der Waals surface area contributed by atoms with Gasteiger partial charge in [0.25, 0.3) is 0 Å². The van der Waals surface area contributed by atoms with Crippen molar-refractivity contribution >= 4 is 17.6 Å². The third kappa shape index (κ3) is 5.60. The number of likely N-dealkylation sites (tertiary alicyclic amines) is 1. The van der Waals surface area contributed by atoms with Crippen molar-refractivity contribution in [1.29, 1.82) is 5.41 Å². The maximum atomic E-state index is 13.0. The molecule has 1 aliphatic heterocycles. The number of carbonyl (C=O) groups excluding carboxylic acids is 2. The third-order valence-electron chi connectivity index (χ3n) is 5.11. The van der Waals surface area contributed by atoms with E-state index in [9.17, 15) is 9.59 Å². The molecule has 0 bridgehead atoms. The maximum absolute atomic E-state index is 13.0. The second-order valence-corrected chi connectivity index (χ2v) is 7.05. The number of nitrogens with zero attached hydrogens (tertiary/aromatic N) is 1. The van der Waals surface area contributed by atoms with Gasteiger partial charge < -0.3 is 10.2 Å². The summed E-state index contributed by atoms with van der Waals surface area (Å²) < 4.78 is 0. The first-order valence-corrected chi connectivity index (χ1v) is 9.60. The van der Waals surface area contributed by atoms with Gasteiger partial charge in [-0.05, 0) is 25.7 Å². The Labute approximate surface area is 147 Å². The standard InChI is InChI=1S/C19H35N3O2/c1-4-6-12-19(13-7-5-2)15-16(20)22(18(19)24)14-10-8-9-11-17(23)21-3/h20H,4-15H2,1-3H3,(H,21,23). The average Bonchev–Trinajstić information content (AvgIpc) is 2.81. The van der Waals surface area contributed by atoms with Gasteiger partial charge in [0.2, 0.25) is 11.8 Å². The van der Waals surface area contributed by atoms with E-state index in [4.69, 9.17) is 5.41 Å². The molecule has 1 fully saturated rings. The topological polar surface area (TPSA) is 73.3 Å². The Kier molecular flexibility index (Phi) is 9.01. The van der Waals surface area contributed by atoms with E-state index >= 15 is 0 Å². The fourth-order valence-corrected chi connectivity index (χ4v) is 3.54. The molecule has 138 valence electrons. The van der Waals surface area contributed by atoms with Gasteiger partial charge in [-0.2, -0.15) is 0 Å². The molecule has 1 heterocycles. The zero-order valence-corrected chi connectivity index (χ0v) is 15.7. The monoisotopic (exact) mass is 337 g/mol. The van der Waals surface area contributed by atoms with Crippen LogP contribution in [0.5, 0.6) is 0 Å². The van der Waals surface area contributed by atoms with Crippen molar-refractivity contribution in [1.82, 2.24) is 10.2 Å². The lowest BCUT2D eigenvalue weighted by Crippen LogP contribution is -2.36. The molecule has 0 spiro atoms. The summed E-state index contributed by atoms with van der Waals surface area (Å²) in [7, 11) is 1.65. The minimum atomic E-state index is -0.314. The summed E-state index contributed by atoms with van der Waals surface area (Å²) in [5.74, 6) is 0.748. The summed E-state index contributed by atoms with van der Waals surface area (Å²) in [5.41, 5.74) is -0.314. The summed E-state index contributed by atoms with van der Waals surface area (Å²) in [4.78, 5) is 25.9. The molecule has 2 N–H and O–H groups in total. The molecule has 0 saturated carbocycles. The van der Waals surface area contributed by atoms with Crippen LogP contribution in [0.2, 0.25) is 0 Å². The predicted molar refractivity (Wildman–Crippen MR) is 98.1 cm³/mol. The van der Waals surface area contributed by atoms with Gasteiger partial charge in [-0.1, -0.05) is 46.0 Å². The van der Waals surface area contributed by atoms with Crippen molar-refractivity contribution in [3.63, 3.8) is 0 Å². The summed E-state index contributed by atoms with van der Waals surface area (Å²) in [6.45, 7) is 4.94. The van der Waals surface area contributed by atoms with E-state index in [0.29, 0.717) is 25.2 Å². The summed E-state index contributed by atoms with van der Waals surface area (Å²) in [6, 6.07) is 0. The first-order chi connectivity index (χ1) is 11.5. The molecule has 0 aromatic carbocycles. The molecule has 0 aliphatic carbocycles. The van der Waals surface area contributed by atoms with E-state index in [2.05, 4.69) is 19.2 Å². The lowest BCUT2D eigenvalue weighted by molar-refractivity contribution is -0.135. The van der Waals surface area contributed by atoms with Crippen molar-refractivity contribution in [3.05, 3.63) is 0 Å². The van der Waals surface area contributed by atoms with E-state index in [1.165, 1.54) is 0 Å². The van der Waals surface area contributed by atoms with Crippen LogP contribution in [0.3, 0.4) is 0 Å². The summed E-state index contributed by atoms with van der Waals surface area (Å²) in [6.07, 6.45) is 9.90. The minimum Gasteiger partial charge on any atom is -0.359 e. The first kappa shape index (κ1) is 20.7. The van der Waals surface area contributed by atoms with Crippen molar-refractivity contribution in [3.8, 4) is 0 Å². The van der Waals surface area contributed by atoms with Crippen LogP contribution in [0, 0.1) is 10.8 Å². The smallest absolute Gasteiger partial charge is 0.234 e. The third-order valence-corrected chi connectivity index (χ3v) is 5.11.